The van der Waals surface area contributed by atoms with Gasteiger partial charge in [-0.1, -0.05) is 18.2 Å². The molecule has 1 unspecified atom stereocenters. The van der Waals surface area contributed by atoms with Gasteiger partial charge in [-0.2, -0.15) is 0 Å². The number of benzene rings is 3. The van der Waals surface area contributed by atoms with Crippen LogP contribution in [0.25, 0.3) is 0 Å². The fraction of sp³-hybridized carbons (Fsp3) is 0.136. The third-order valence-electron chi connectivity index (χ3n) is 4.91. The first-order chi connectivity index (χ1) is 13.7. The average molecular weight is 376 g/mol. The van der Waals surface area contributed by atoms with Crippen LogP contribution in [0.3, 0.4) is 0 Å². The number of para-hydroxylation sites is 1. The van der Waals surface area contributed by atoms with Crippen molar-refractivity contribution >= 4 is 17.3 Å². The van der Waals surface area contributed by atoms with E-state index in [0.29, 0.717) is 36.0 Å². The Morgan fingerprint density at radius 3 is 2.50 bits per heavy atom. The topological polar surface area (TPSA) is 50.8 Å². The van der Waals surface area contributed by atoms with E-state index in [0.717, 1.165) is 11.3 Å². The van der Waals surface area contributed by atoms with Crippen molar-refractivity contribution < 1.29 is 18.7 Å². The number of carbonyl (C=O) groups is 1. The van der Waals surface area contributed by atoms with Gasteiger partial charge in [0, 0.05) is 11.4 Å². The standard InChI is InChI=1S/C22H17FN2O3/c23-15-6-8-16(9-7-15)25-21(24-18-4-2-1-3-17(18)22(25)26)14-5-10-19-20(13-14)28-12-11-27-19/h1-10,13,21,24H,11-12H2. The quantitative estimate of drug-likeness (QED) is 0.722. The Kier molecular flexibility index (Phi) is 3.90. The van der Waals surface area contributed by atoms with Gasteiger partial charge in [0.25, 0.3) is 5.91 Å². The SMILES string of the molecule is O=C1c2ccccc2NC(c2ccc3c(c2)OCCO3)N1c1ccc(F)cc1. The van der Waals surface area contributed by atoms with Gasteiger partial charge in [-0.05, 0) is 54.1 Å². The molecule has 0 saturated heterocycles. The van der Waals surface area contributed by atoms with Gasteiger partial charge in [0.1, 0.15) is 25.2 Å². The number of halogens is 1. The Morgan fingerprint density at radius 2 is 1.68 bits per heavy atom. The largest absolute Gasteiger partial charge is 0.486 e. The summed E-state index contributed by atoms with van der Waals surface area (Å²) < 4.78 is 24.8. The first-order valence-electron chi connectivity index (χ1n) is 9.05. The predicted octanol–water partition coefficient (Wildman–Crippen LogP) is 4.37. The molecule has 2 aliphatic rings. The fourth-order valence-corrected chi connectivity index (χ4v) is 3.58. The maximum absolute atomic E-state index is 13.4. The van der Waals surface area contributed by atoms with Crippen LogP contribution < -0.4 is 19.7 Å². The summed E-state index contributed by atoms with van der Waals surface area (Å²) in [5.41, 5.74) is 2.77. The maximum atomic E-state index is 13.4. The Bertz CT molecular complexity index is 1050. The van der Waals surface area contributed by atoms with Gasteiger partial charge in [0.2, 0.25) is 0 Å². The van der Waals surface area contributed by atoms with Crippen LogP contribution in [-0.2, 0) is 0 Å². The van der Waals surface area contributed by atoms with Crippen LogP contribution in [0.4, 0.5) is 15.8 Å². The summed E-state index contributed by atoms with van der Waals surface area (Å²) in [4.78, 5) is 14.9. The number of fused-ring (bicyclic) bond motifs is 2. The molecule has 5 rings (SSSR count). The maximum Gasteiger partial charge on any atom is 0.262 e. The van der Waals surface area contributed by atoms with Crippen molar-refractivity contribution in [3.05, 3.63) is 83.7 Å². The summed E-state index contributed by atoms with van der Waals surface area (Å²) in [6, 6.07) is 18.9. The fourth-order valence-electron chi connectivity index (χ4n) is 3.58. The molecule has 3 aromatic rings. The molecule has 2 aliphatic heterocycles. The second kappa shape index (κ2) is 6.56. The van der Waals surface area contributed by atoms with Crippen LogP contribution in [-0.4, -0.2) is 19.1 Å². The molecule has 1 N–H and O–H groups in total. The van der Waals surface area contributed by atoms with Crippen LogP contribution in [0.2, 0.25) is 0 Å². The molecule has 0 spiro atoms. The molecule has 0 bridgehead atoms. The molecule has 6 heteroatoms. The minimum absolute atomic E-state index is 0.152. The molecular weight excluding hydrogens is 359 g/mol. The highest BCUT2D eigenvalue weighted by Crippen LogP contribution is 2.39. The molecular formula is C22H17FN2O3. The van der Waals surface area contributed by atoms with Crippen LogP contribution in [0, 0.1) is 5.82 Å². The zero-order chi connectivity index (χ0) is 19.1. The van der Waals surface area contributed by atoms with E-state index in [9.17, 15) is 9.18 Å². The lowest BCUT2D eigenvalue weighted by atomic mass is 10.0. The van der Waals surface area contributed by atoms with E-state index in [1.54, 1.807) is 23.1 Å². The minimum atomic E-state index is -0.469. The molecule has 1 atom stereocenters. The number of rotatable bonds is 2. The molecule has 0 aromatic heterocycles. The molecule has 3 aromatic carbocycles. The van der Waals surface area contributed by atoms with Gasteiger partial charge in [0.05, 0.1) is 5.56 Å². The lowest BCUT2D eigenvalue weighted by Crippen LogP contribution is -2.43. The van der Waals surface area contributed by atoms with E-state index in [1.165, 1.54) is 12.1 Å². The number of hydrogen-bond acceptors (Lipinski definition) is 4. The van der Waals surface area contributed by atoms with Crippen molar-refractivity contribution in [1.29, 1.82) is 0 Å². The Morgan fingerprint density at radius 1 is 0.929 bits per heavy atom. The van der Waals surface area contributed by atoms with Gasteiger partial charge in [0.15, 0.2) is 11.5 Å². The van der Waals surface area contributed by atoms with E-state index in [1.807, 2.05) is 36.4 Å². The molecule has 0 fully saturated rings. The molecule has 1 amide bonds. The minimum Gasteiger partial charge on any atom is -0.486 e. The number of ether oxygens (including phenoxy) is 2. The number of nitrogens with one attached hydrogen (secondary N) is 1. The summed E-state index contributed by atoms with van der Waals surface area (Å²) in [7, 11) is 0. The molecule has 0 aliphatic carbocycles. The predicted molar refractivity (Wildman–Crippen MR) is 103 cm³/mol. The van der Waals surface area contributed by atoms with Crippen molar-refractivity contribution in [1.82, 2.24) is 0 Å². The van der Waals surface area contributed by atoms with Crippen LogP contribution in [0.1, 0.15) is 22.1 Å². The van der Waals surface area contributed by atoms with E-state index in [4.69, 9.17) is 9.47 Å². The van der Waals surface area contributed by atoms with Gasteiger partial charge in [-0.25, -0.2) is 4.39 Å². The number of carbonyl (C=O) groups excluding carboxylic acids is 1. The Balaban J connectivity index is 1.63. The van der Waals surface area contributed by atoms with E-state index in [2.05, 4.69) is 5.32 Å². The van der Waals surface area contributed by atoms with Gasteiger partial charge >= 0.3 is 0 Å². The first kappa shape index (κ1) is 16.6. The Hall–Kier alpha value is -3.54. The van der Waals surface area contributed by atoms with Crippen LogP contribution in [0.5, 0.6) is 11.5 Å². The monoisotopic (exact) mass is 376 g/mol. The summed E-state index contributed by atoms with van der Waals surface area (Å²) in [5.74, 6) is 0.833. The van der Waals surface area contributed by atoms with Gasteiger partial charge < -0.3 is 14.8 Å². The van der Waals surface area contributed by atoms with E-state index in [-0.39, 0.29) is 11.7 Å². The molecule has 0 saturated carbocycles. The van der Waals surface area contributed by atoms with Gasteiger partial charge in [-0.3, -0.25) is 9.69 Å². The smallest absolute Gasteiger partial charge is 0.262 e. The normalized spacial score (nSPS) is 17.7. The molecule has 5 nitrogen and oxygen atoms in total. The van der Waals surface area contributed by atoms with Crippen LogP contribution >= 0.6 is 0 Å². The van der Waals surface area contributed by atoms with Crippen molar-refractivity contribution in [2.24, 2.45) is 0 Å². The lowest BCUT2D eigenvalue weighted by Gasteiger charge is -2.38. The van der Waals surface area contributed by atoms with Crippen molar-refractivity contribution in [3.8, 4) is 11.5 Å². The lowest BCUT2D eigenvalue weighted by molar-refractivity contribution is 0.0974. The zero-order valence-electron chi connectivity index (χ0n) is 14.9. The second-order valence-corrected chi connectivity index (χ2v) is 6.65. The number of hydrogen-bond donors (Lipinski definition) is 1. The Labute approximate surface area is 161 Å². The first-order valence-corrected chi connectivity index (χ1v) is 9.05. The van der Waals surface area contributed by atoms with E-state index >= 15 is 0 Å². The third kappa shape index (κ3) is 2.74. The molecule has 28 heavy (non-hydrogen) atoms. The number of amides is 1. The highest BCUT2D eigenvalue weighted by atomic mass is 19.1. The zero-order valence-corrected chi connectivity index (χ0v) is 14.9. The third-order valence-corrected chi connectivity index (χ3v) is 4.91. The second-order valence-electron chi connectivity index (χ2n) is 6.65. The molecule has 0 radical (unpaired) electrons. The van der Waals surface area contributed by atoms with Gasteiger partial charge in [-0.15, -0.1) is 0 Å². The summed E-state index contributed by atoms with van der Waals surface area (Å²) >= 11 is 0. The average Bonchev–Trinajstić information content (AvgIpc) is 2.74. The summed E-state index contributed by atoms with van der Waals surface area (Å²) in [6.45, 7) is 1.000. The van der Waals surface area contributed by atoms with Crippen molar-refractivity contribution in [2.75, 3.05) is 23.4 Å². The highest BCUT2D eigenvalue weighted by Gasteiger charge is 2.34. The molecule has 2 heterocycles. The van der Waals surface area contributed by atoms with Crippen LogP contribution in [0.15, 0.2) is 66.7 Å². The number of anilines is 2. The van der Waals surface area contributed by atoms with Crippen molar-refractivity contribution in [2.45, 2.75) is 6.17 Å². The molecule has 140 valence electrons. The highest BCUT2D eigenvalue weighted by molar-refractivity contribution is 6.12. The summed E-state index contributed by atoms with van der Waals surface area (Å²) in [5, 5.41) is 3.43. The summed E-state index contributed by atoms with van der Waals surface area (Å²) in [6.07, 6.45) is -0.469. The number of nitrogens with zero attached hydrogens (tertiary/aromatic N) is 1. The van der Waals surface area contributed by atoms with E-state index < -0.39 is 6.17 Å². The van der Waals surface area contributed by atoms with Crippen molar-refractivity contribution in [3.63, 3.8) is 0 Å².